The van der Waals surface area contributed by atoms with Crippen LogP contribution in [-0.4, -0.2) is 37.1 Å². The van der Waals surface area contributed by atoms with Crippen LogP contribution in [0.15, 0.2) is 56.0 Å². The van der Waals surface area contributed by atoms with E-state index >= 15 is 0 Å². The molecular formula is C22H29NO6S3. The Hall–Kier alpha value is -1.75. The molecule has 2 aromatic carbocycles. The molecule has 176 valence electrons. The number of hydrogen-bond donors (Lipinski definition) is 1. The van der Waals surface area contributed by atoms with Gasteiger partial charge in [0.2, 0.25) is 0 Å². The fourth-order valence-electron chi connectivity index (χ4n) is 4.21. The SMILES string of the molecule is Cc1ccc(S(=O)(=O)N=S(C)(=O)C2CCC(Cc3cc(C)ccc3S(=O)(=O)O)CC2)cc1. The summed E-state index contributed by atoms with van der Waals surface area (Å²) in [6.45, 7) is 3.71. The molecule has 1 fully saturated rings. The van der Waals surface area contributed by atoms with E-state index in [-0.39, 0.29) is 21.0 Å². The normalized spacial score (nSPS) is 21.6. The summed E-state index contributed by atoms with van der Waals surface area (Å²) in [5.41, 5.74) is 2.39. The van der Waals surface area contributed by atoms with Gasteiger partial charge in [-0.2, -0.15) is 16.8 Å². The van der Waals surface area contributed by atoms with Crippen LogP contribution in [0.25, 0.3) is 0 Å². The van der Waals surface area contributed by atoms with E-state index in [1.807, 2.05) is 13.8 Å². The van der Waals surface area contributed by atoms with Crippen molar-refractivity contribution in [3.63, 3.8) is 0 Å². The first-order valence-corrected chi connectivity index (χ1v) is 15.3. The molecule has 0 amide bonds. The van der Waals surface area contributed by atoms with Gasteiger partial charge in [0.15, 0.2) is 0 Å². The lowest BCUT2D eigenvalue weighted by molar-refractivity contribution is 0.357. The summed E-state index contributed by atoms with van der Waals surface area (Å²) >= 11 is 0. The van der Waals surface area contributed by atoms with Gasteiger partial charge in [0, 0.05) is 11.5 Å². The molecule has 0 spiro atoms. The van der Waals surface area contributed by atoms with Crippen LogP contribution in [0.2, 0.25) is 0 Å². The highest BCUT2D eigenvalue weighted by atomic mass is 32.3. The molecule has 0 aromatic heterocycles. The van der Waals surface area contributed by atoms with Crippen molar-refractivity contribution in [2.75, 3.05) is 6.26 Å². The van der Waals surface area contributed by atoms with Gasteiger partial charge in [-0.1, -0.05) is 35.4 Å². The Morgan fingerprint density at radius 2 is 1.44 bits per heavy atom. The lowest BCUT2D eigenvalue weighted by Crippen LogP contribution is -2.27. The van der Waals surface area contributed by atoms with Crippen molar-refractivity contribution in [3.05, 3.63) is 59.2 Å². The molecular weight excluding hydrogens is 470 g/mol. The van der Waals surface area contributed by atoms with Crippen molar-refractivity contribution in [1.82, 2.24) is 0 Å². The third-order valence-corrected chi connectivity index (χ3v) is 11.5. The van der Waals surface area contributed by atoms with Gasteiger partial charge in [-0.15, -0.1) is 3.77 Å². The van der Waals surface area contributed by atoms with Crippen LogP contribution in [0.4, 0.5) is 0 Å². The van der Waals surface area contributed by atoms with E-state index in [0.717, 1.165) is 11.1 Å². The molecule has 0 radical (unpaired) electrons. The van der Waals surface area contributed by atoms with Crippen LogP contribution >= 0.6 is 0 Å². The Labute approximate surface area is 191 Å². The Balaban J connectivity index is 1.74. The first-order chi connectivity index (χ1) is 14.8. The number of nitrogens with zero attached hydrogens (tertiary/aromatic N) is 1. The number of sulfonamides is 1. The third kappa shape index (κ3) is 5.98. The zero-order valence-electron chi connectivity index (χ0n) is 18.4. The second-order valence-electron chi connectivity index (χ2n) is 8.66. The number of rotatable bonds is 6. The average molecular weight is 500 g/mol. The molecule has 1 aliphatic carbocycles. The van der Waals surface area contributed by atoms with Crippen LogP contribution in [0, 0.1) is 19.8 Å². The Morgan fingerprint density at radius 1 is 0.875 bits per heavy atom. The monoisotopic (exact) mass is 499 g/mol. The van der Waals surface area contributed by atoms with E-state index in [2.05, 4.69) is 3.77 Å². The van der Waals surface area contributed by atoms with E-state index in [4.69, 9.17) is 0 Å². The summed E-state index contributed by atoms with van der Waals surface area (Å²) < 4.78 is 75.3. The molecule has 0 heterocycles. The molecule has 1 N–H and O–H groups in total. The lowest BCUT2D eigenvalue weighted by atomic mass is 9.84. The van der Waals surface area contributed by atoms with Crippen LogP contribution in [0.5, 0.6) is 0 Å². The molecule has 1 unspecified atom stereocenters. The van der Waals surface area contributed by atoms with Gasteiger partial charge in [-0.25, -0.2) is 4.21 Å². The van der Waals surface area contributed by atoms with Crippen molar-refractivity contribution in [2.45, 2.75) is 61.0 Å². The Morgan fingerprint density at radius 3 is 2.00 bits per heavy atom. The van der Waals surface area contributed by atoms with Crippen LogP contribution < -0.4 is 0 Å². The molecule has 2 aromatic rings. The Kier molecular flexibility index (Phi) is 7.19. The van der Waals surface area contributed by atoms with Crippen molar-refractivity contribution in [2.24, 2.45) is 9.69 Å². The molecule has 1 atom stereocenters. The van der Waals surface area contributed by atoms with Gasteiger partial charge < -0.3 is 0 Å². The summed E-state index contributed by atoms with van der Waals surface area (Å²) in [6.07, 6.45) is 4.32. The van der Waals surface area contributed by atoms with Crippen molar-refractivity contribution < 1.29 is 25.6 Å². The van der Waals surface area contributed by atoms with Crippen LogP contribution in [0.3, 0.4) is 0 Å². The van der Waals surface area contributed by atoms with Crippen LogP contribution in [0.1, 0.15) is 42.4 Å². The topological polar surface area (TPSA) is 118 Å². The first kappa shape index (κ1) is 24.9. The van der Waals surface area contributed by atoms with Gasteiger partial charge in [-0.3, -0.25) is 4.55 Å². The summed E-state index contributed by atoms with van der Waals surface area (Å²) in [6, 6.07) is 11.1. The van der Waals surface area contributed by atoms with E-state index < -0.39 is 29.9 Å². The van der Waals surface area contributed by atoms with Gasteiger partial charge in [-0.05, 0) is 75.6 Å². The molecule has 0 saturated heterocycles. The summed E-state index contributed by atoms with van der Waals surface area (Å²) in [5.74, 6) is 0.150. The largest absolute Gasteiger partial charge is 0.294 e. The number of benzene rings is 2. The molecule has 10 heteroatoms. The van der Waals surface area contributed by atoms with E-state index in [0.29, 0.717) is 37.7 Å². The number of aryl methyl sites for hydroxylation is 2. The maximum absolute atomic E-state index is 13.2. The Bertz CT molecular complexity index is 1310. The average Bonchev–Trinajstić information content (AvgIpc) is 2.67. The second-order valence-corrected chi connectivity index (χ2v) is 14.5. The molecule has 0 bridgehead atoms. The summed E-state index contributed by atoms with van der Waals surface area (Å²) in [5, 5.41) is -0.350. The second kappa shape index (κ2) is 9.24. The van der Waals surface area contributed by atoms with Crippen molar-refractivity contribution >= 4 is 29.9 Å². The zero-order valence-corrected chi connectivity index (χ0v) is 20.8. The maximum atomic E-state index is 13.2. The fourth-order valence-corrected chi connectivity index (χ4v) is 8.94. The molecule has 7 nitrogen and oxygen atoms in total. The molecule has 1 saturated carbocycles. The van der Waals surface area contributed by atoms with Crippen molar-refractivity contribution in [3.8, 4) is 0 Å². The minimum Gasteiger partial charge on any atom is -0.282 e. The zero-order chi connectivity index (χ0) is 23.7. The van der Waals surface area contributed by atoms with E-state index in [1.54, 1.807) is 24.3 Å². The maximum Gasteiger partial charge on any atom is 0.294 e. The quantitative estimate of drug-likeness (QED) is 0.597. The van der Waals surface area contributed by atoms with E-state index in [9.17, 15) is 25.6 Å². The van der Waals surface area contributed by atoms with E-state index in [1.165, 1.54) is 24.5 Å². The summed E-state index contributed by atoms with van der Waals surface area (Å²) in [4.78, 5) is -0.0488. The minimum atomic E-state index is -4.31. The molecule has 32 heavy (non-hydrogen) atoms. The molecule has 1 aliphatic rings. The highest BCUT2D eigenvalue weighted by Crippen LogP contribution is 2.33. The lowest BCUT2D eigenvalue weighted by Gasteiger charge is -2.29. The van der Waals surface area contributed by atoms with Gasteiger partial charge >= 0.3 is 0 Å². The third-order valence-electron chi connectivity index (χ3n) is 5.98. The molecule has 0 aliphatic heterocycles. The van der Waals surface area contributed by atoms with Gasteiger partial charge in [0.05, 0.1) is 19.5 Å². The van der Waals surface area contributed by atoms with Gasteiger partial charge in [0.25, 0.3) is 20.1 Å². The first-order valence-electron chi connectivity index (χ1n) is 10.4. The highest BCUT2D eigenvalue weighted by molar-refractivity contribution is 8.03. The molecule has 3 rings (SSSR count). The highest BCUT2D eigenvalue weighted by Gasteiger charge is 2.30. The smallest absolute Gasteiger partial charge is 0.282 e. The predicted octanol–water partition coefficient (Wildman–Crippen LogP) is 4.14. The standard InChI is InChI=1S/C22H29NO6S3/c1-16-4-9-21(10-5-16)31(25,26)23-30(3,24)20-11-7-18(8-12-20)15-19-14-17(2)6-13-22(19)32(27,28)29/h4-6,9-10,13-14,18,20H,7-8,11-12,15H2,1-3H3,(H,27,28,29). The fraction of sp³-hybridized carbons (Fsp3) is 0.455. The van der Waals surface area contributed by atoms with Gasteiger partial charge in [0.1, 0.15) is 0 Å². The summed E-state index contributed by atoms with van der Waals surface area (Å²) in [7, 11) is -11.3. The predicted molar refractivity (Wildman–Crippen MR) is 125 cm³/mol. The van der Waals surface area contributed by atoms with Crippen LogP contribution in [-0.2, 0) is 36.3 Å². The number of hydrogen-bond acceptors (Lipinski definition) is 5. The minimum absolute atomic E-state index is 0.0311. The van der Waals surface area contributed by atoms with Crippen molar-refractivity contribution in [1.29, 1.82) is 0 Å².